The van der Waals surface area contributed by atoms with Gasteiger partial charge in [-0.15, -0.1) is 0 Å². The van der Waals surface area contributed by atoms with E-state index in [-0.39, 0.29) is 17.6 Å². The summed E-state index contributed by atoms with van der Waals surface area (Å²) < 4.78 is 6.34. The lowest BCUT2D eigenvalue weighted by Gasteiger charge is -2.29. The molecule has 238 valence electrons. The largest absolute Gasteiger partial charge is 0.493 e. The Morgan fingerprint density at radius 1 is 1.02 bits per heavy atom. The molecule has 1 aliphatic rings. The zero-order valence-corrected chi connectivity index (χ0v) is 28.2. The number of carbonyl (C=O) groups excluding carboxylic acids is 1. The van der Waals surface area contributed by atoms with Crippen LogP contribution in [0.4, 0.5) is 0 Å². The molecule has 0 radical (unpaired) electrons. The van der Waals surface area contributed by atoms with Crippen LogP contribution in [-0.2, 0) is 9.53 Å². The van der Waals surface area contributed by atoms with Crippen LogP contribution in [0.3, 0.4) is 0 Å². The number of hydrogen-bond acceptors (Lipinski definition) is 4. The molecular formula is C37H66O4. The molecule has 0 fully saturated rings. The minimum Gasteiger partial charge on any atom is -0.493 e. The van der Waals surface area contributed by atoms with Gasteiger partial charge in [-0.25, -0.2) is 0 Å². The van der Waals surface area contributed by atoms with E-state index in [1.807, 2.05) is 19.9 Å². The lowest BCUT2D eigenvalue weighted by atomic mass is 9.84. The van der Waals surface area contributed by atoms with Crippen molar-refractivity contribution < 1.29 is 19.7 Å². The second-order valence-electron chi connectivity index (χ2n) is 13.6. The van der Waals surface area contributed by atoms with Crippen molar-refractivity contribution in [2.75, 3.05) is 6.61 Å². The first-order valence-electron chi connectivity index (χ1n) is 17.0. The molecule has 1 rings (SSSR count). The summed E-state index contributed by atoms with van der Waals surface area (Å²) >= 11 is 0. The van der Waals surface area contributed by atoms with Crippen LogP contribution >= 0.6 is 0 Å². The molecule has 41 heavy (non-hydrogen) atoms. The van der Waals surface area contributed by atoms with Gasteiger partial charge in [0.05, 0.1) is 18.3 Å². The lowest BCUT2D eigenvalue weighted by molar-refractivity contribution is -0.120. The van der Waals surface area contributed by atoms with Crippen LogP contribution in [0.5, 0.6) is 0 Å². The Labute approximate surface area is 254 Å². The van der Waals surface area contributed by atoms with E-state index in [0.717, 1.165) is 83.0 Å². The van der Waals surface area contributed by atoms with Gasteiger partial charge in [-0.3, -0.25) is 4.79 Å². The smallest absolute Gasteiger partial charge is 0.132 e. The summed E-state index contributed by atoms with van der Waals surface area (Å²) in [5.41, 5.74) is 3.15. The Morgan fingerprint density at radius 2 is 1.68 bits per heavy atom. The van der Waals surface area contributed by atoms with E-state index in [1.54, 1.807) is 6.92 Å². The maximum absolute atomic E-state index is 11.4. The van der Waals surface area contributed by atoms with Crippen molar-refractivity contribution >= 4 is 5.78 Å². The number of Topliss-reactive ketones (excluding diaryl/α,β-unsaturated/α-hetero) is 1. The summed E-state index contributed by atoms with van der Waals surface area (Å²) in [5.74, 6) is 2.10. The van der Waals surface area contributed by atoms with Crippen molar-refractivity contribution in [3.63, 3.8) is 0 Å². The molecule has 0 saturated carbocycles. The van der Waals surface area contributed by atoms with Crippen molar-refractivity contribution in [3.8, 4) is 0 Å². The van der Waals surface area contributed by atoms with E-state index in [1.165, 1.54) is 48.8 Å². The molecule has 4 heteroatoms. The van der Waals surface area contributed by atoms with Gasteiger partial charge in [0.1, 0.15) is 11.5 Å². The highest BCUT2D eigenvalue weighted by atomic mass is 16.5. The van der Waals surface area contributed by atoms with Gasteiger partial charge >= 0.3 is 0 Å². The third-order valence-electron chi connectivity index (χ3n) is 9.35. The average Bonchev–Trinajstić information content (AvgIpc) is 2.90. The molecule has 5 unspecified atom stereocenters. The van der Waals surface area contributed by atoms with Gasteiger partial charge < -0.3 is 14.9 Å². The Bertz CT molecular complexity index is 834. The zero-order chi connectivity index (χ0) is 30.8. The van der Waals surface area contributed by atoms with Crippen molar-refractivity contribution in [1.29, 1.82) is 0 Å². The second kappa shape index (κ2) is 20.5. The van der Waals surface area contributed by atoms with Gasteiger partial charge in [-0.05, 0) is 121 Å². The molecule has 0 heterocycles. The van der Waals surface area contributed by atoms with Crippen molar-refractivity contribution in [2.45, 2.75) is 170 Å². The highest BCUT2D eigenvalue weighted by Crippen LogP contribution is 2.34. The molecule has 1 aliphatic carbocycles. The van der Waals surface area contributed by atoms with E-state index >= 15 is 0 Å². The predicted molar refractivity (Wildman–Crippen MR) is 175 cm³/mol. The Morgan fingerprint density at radius 3 is 2.37 bits per heavy atom. The Balaban J connectivity index is 2.40. The number of hydrogen-bond donors (Lipinski definition) is 2. The number of rotatable bonds is 23. The molecule has 0 aromatic rings. The van der Waals surface area contributed by atoms with Crippen molar-refractivity contribution in [3.05, 3.63) is 34.6 Å². The predicted octanol–water partition coefficient (Wildman–Crippen LogP) is 10.0. The summed E-state index contributed by atoms with van der Waals surface area (Å²) in [6.45, 7) is 17.4. The fraction of sp³-hybridized carbons (Fsp3) is 0.811. The number of ether oxygens (including phenoxy) is 1. The topological polar surface area (TPSA) is 66.8 Å². The first-order valence-corrected chi connectivity index (χ1v) is 17.0. The summed E-state index contributed by atoms with van der Waals surface area (Å²) in [6.07, 6.45) is 21.2. The van der Waals surface area contributed by atoms with Crippen LogP contribution < -0.4 is 0 Å². The van der Waals surface area contributed by atoms with Gasteiger partial charge in [0.15, 0.2) is 0 Å². The van der Waals surface area contributed by atoms with E-state index < -0.39 is 11.7 Å². The van der Waals surface area contributed by atoms with E-state index in [2.05, 4.69) is 40.7 Å². The molecular weight excluding hydrogens is 508 g/mol. The van der Waals surface area contributed by atoms with Crippen LogP contribution in [0.25, 0.3) is 0 Å². The van der Waals surface area contributed by atoms with Crippen LogP contribution in [-0.4, -0.2) is 34.3 Å². The van der Waals surface area contributed by atoms with Crippen molar-refractivity contribution in [1.82, 2.24) is 0 Å². The highest BCUT2D eigenvalue weighted by molar-refractivity contribution is 5.77. The molecule has 0 aromatic heterocycles. The molecule has 0 spiro atoms. The summed E-state index contributed by atoms with van der Waals surface area (Å²) in [6, 6.07) is 0. The van der Waals surface area contributed by atoms with Crippen LogP contribution in [0.1, 0.15) is 158 Å². The van der Waals surface area contributed by atoms with E-state index in [0.29, 0.717) is 5.92 Å². The third-order valence-corrected chi connectivity index (χ3v) is 9.35. The van der Waals surface area contributed by atoms with Gasteiger partial charge in [0.2, 0.25) is 0 Å². The number of allylic oxidation sites excluding steroid dienone is 3. The molecule has 0 aromatic carbocycles. The standard InChI is InChI=1S/C37H66O4/c1-9-10-11-12-13-14-26-41-36-32(6)31(5)35(39)27-34(36)23-22-29(3)19-15-18-28(2)20-16-24-37(8,40)25-17-21-30(4)33(7)38/h18,27,29-31,35,39-40H,9-17,19-26H2,1-8H3. The molecule has 0 bridgehead atoms. The van der Waals surface area contributed by atoms with Gasteiger partial charge in [-0.1, -0.05) is 71.4 Å². The molecule has 0 amide bonds. The SMILES string of the molecule is CCCCCCCCOC1=C(C)C(C)C(O)C=C1CCC(C)CCC=C(C)CCCC(C)(O)CCCC(C)C(C)=O. The normalized spacial score (nSPS) is 20.9. The summed E-state index contributed by atoms with van der Waals surface area (Å²) in [5, 5.41) is 21.3. The monoisotopic (exact) mass is 574 g/mol. The average molecular weight is 575 g/mol. The van der Waals surface area contributed by atoms with Crippen LogP contribution in [0, 0.1) is 17.8 Å². The van der Waals surface area contributed by atoms with Gasteiger partial charge in [-0.2, -0.15) is 0 Å². The maximum atomic E-state index is 11.4. The van der Waals surface area contributed by atoms with Crippen molar-refractivity contribution in [2.24, 2.45) is 17.8 Å². The third kappa shape index (κ3) is 16.1. The molecule has 0 saturated heterocycles. The number of ketones is 1. The molecule has 4 nitrogen and oxygen atoms in total. The minimum atomic E-state index is -0.644. The van der Waals surface area contributed by atoms with E-state index in [4.69, 9.17) is 4.74 Å². The fourth-order valence-corrected chi connectivity index (χ4v) is 5.73. The summed E-state index contributed by atoms with van der Waals surface area (Å²) in [4.78, 5) is 11.4. The zero-order valence-electron chi connectivity index (χ0n) is 28.2. The highest BCUT2D eigenvalue weighted by Gasteiger charge is 2.26. The Hall–Kier alpha value is -1.39. The van der Waals surface area contributed by atoms with E-state index in [9.17, 15) is 15.0 Å². The molecule has 5 atom stereocenters. The first kappa shape index (κ1) is 37.6. The summed E-state index contributed by atoms with van der Waals surface area (Å²) in [7, 11) is 0. The lowest BCUT2D eigenvalue weighted by Crippen LogP contribution is -2.24. The fourth-order valence-electron chi connectivity index (χ4n) is 5.73. The van der Waals surface area contributed by atoms with Crippen LogP contribution in [0.2, 0.25) is 0 Å². The molecule has 2 N–H and O–H groups in total. The number of aliphatic hydroxyl groups excluding tert-OH is 1. The number of aliphatic hydroxyl groups is 2. The Kier molecular flexibility index (Phi) is 18.8. The van der Waals surface area contributed by atoms with Gasteiger partial charge in [0, 0.05) is 11.8 Å². The van der Waals surface area contributed by atoms with Gasteiger partial charge in [0.25, 0.3) is 0 Å². The minimum absolute atomic E-state index is 0.0962. The quantitative estimate of drug-likeness (QED) is 0.0941. The second-order valence-corrected chi connectivity index (χ2v) is 13.6. The number of unbranched alkanes of at least 4 members (excludes halogenated alkanes) is 5. The van der Waals surface area contributed by atoms with Crippen LogP contribution in [0.15, 0.2) is 34.6 Å². The number of carbonyl (C=O) groups is 1. The first-order chi connectivity index (χ1) is 19.4. The molecule has 0 aliphatic heterocycles. The maximum Gasteiger partial charge on any atom is 0.132 e.